The quantitative estimate of drug-likeness (QED) is 0.634. The number of carboxylic acids is 1. The average molecular weight is 161 g/mol. The van der Waals surface area contributed by atoms with Crippen LogP contribution < -0.4 is 5.73 Å². The Labute approximate surface area is 64.4 Å². The molecule has 2 unspecified atom stereocenters. The van der Waals surface area contributed by atoms with Crippen LogP contribution in [-0.2, 0) is 4.79 Å². The Morgan fingerprint density at radius 1 is 1.73 bits per heavy atom. The molecule has 0 saturated heterocycles. The van der Waals surface area contributed by atoms with Crippen molar-refractivity contribution in [2.24, 2.45) is 11.1 Å². The number of hydrogen-bond donors (Lipinski definition) is 2. The zero-order chi connectivity index (χ0) is 8.65. The van der Waals surface area contributed by atoms with Crippen molar-refractivity contribution in [3.63, 3.8) is 0 Å². The zero-order valence-corrected chi connectivity index (χ0v) is 6.38. The molecule has 0 amide bonds. The highest BCUT2D eigenvalue weighted by Gasteiger charge is 2.48. The van der Waals surface area contributed by atoms with E-state index in [2.05, 4.69) is 0 Å². The number of nitrogens with two attached hydrogens (primary N) is 1. The highest BCUT2D eigenvalue weighted by molar-refractivity contribution is 5.73. The molecular formula is C7H12FNO2. The summed E-state index contributed by atoms with van der Waals surface area (Å²) in [6, 6.07) is -0.847. The fourth-order valence-electron chi connectivity index (χ4n) is 1.04. The highest BCUT2D eigenvalue weighted by atomic mass is 19.1. The molecule has 0 aliphatic heterocycles. The fraction of sp³-hybridized carbons (Fsp3) is 0.857. The number of alkyl halides is 1. The van der Waals surface area contributed by atoms with Crippen LogP contribution in [-0.4, -0.2) is 23.3 Å². The van der Waals surface area contributed by atoms with Crippen LogP contribution in [0.1, 0.15) is 19.8 Å². The summed E-state index contributed by atoms with van der Waals surface area (Å²) in [6.07, 6.45) is -0.244. The van der Waals surface area contributed by atoms with Gasteiger partial charge in [-0.3, -0.25) is 0 Å². The third kappa shape index (κ3) is 1.50. The largest absolute Gasteiger partial charge is 0.479 e. The molecule has 0 aromatic heterocycles. The van der Waals surface area contributed by atoms with E-state index in [1.807, 2.05) is 6.92 Å². The lowest BCUT2D eigenvalue weighted by molar-refractivity contribution is -0.144. The monoisotopic (exact) mass is 161 g/mol. The standard InChI is InChI=1S/C7H12FNO2/c1-7(2-3-7)5(9)4(8)6(10)11/h4-5H,2-3,9H2,1H3,(H,10,11). The molecule has 3 N–H and O–H groups in total. The summed E-state index contributed by atoms with van der Waals surface area (Å²) in [5, 5.41) is 8.29. The smallest absolute Gasteiger partial charge is 0.339 e. The molecule has 0 bridgehead atoms. The van der Waals surface area contributed by atoms with Crippen molar-refractivity contribution in [2.45, 2.75) is 32.0 Å². The van der Waals surface area contributed by atoms with Crippen molar-refractivity contribution < 1.29 is 14.3 Å². The molecule has 3 nitrogen and oxygen atoms in total. The Hall–Kier alpha value is -0.640. The van der Waals surface area contributed by atoms with Gasteiger partial charge in [0.05, 0.1) is 6.04 Å². The van der Waals surface area contributed by atoms with Crippen LogP contribution in [0.3, 0.4) is 0 Å². The van der Waals surface area contributed by atoms with Gasteiger partial charge in [-0.05, 0) is 18.3 Å². The predicted molar refractivity (Wildman–Crippen MR) is 37.8 cm³/mol. The van der Waals surface area contributed by atoms with Crippen molar-refractivity contribution in [1.82, 2.24) is 0 Å². The fourth-order valence-corrected chi connectivity index (χ4v) is 1.04. The van der Waals surface area contributed by atoms with Crippen LogP contribution in [0.4, 0.5) is 4.39 Å². The summed E-state index contributed by atoms with van der Waals surface area (Å²) in [5.41, 5.74) is 5.14. The maximum Gasteiger partial charge on any atom is 0.339 e. The molecule has 11 heavy (non-hydrogen) atoms. The number of carbonyl (C=O) groups is 1. The zero-order valence-electron chi connectivity index (χ0n) is 6.38. The number of halogens is 1. The van der Waals surface area contributed by atoms with Gasteiger partial charge in [0.25, 0.3) is 0 Å². The van der Waals surface area contributed by atoms with E-state index in [9.17, 15) is 9.18 Å². The van der Waals surface area contributed by atoms with E-state index in [0.29, 0.717) is 0 Å². The van der Waals surface area contributed by atoms with Crippen molar-refractivity contribution in [2.75, 3.05) is 0 Å². The summed E-state index contributed by atoms with van der Waals surface area (Å²) in [7, 11) is 0. The molecule has 1 fully saturated rings. The Kier molecular flexibility index (Phi) is 1.88. The molecular weight excluding hydrogens is 149 g/mol. The Balaban J connectivity index is 2.53. The number of carboxylic acid groups (broad SMARTS) is 1. The lowest BCUT2D eigenvalue weighted by atomic mass is 9.96. The van der Waals surface area contributed by atoms with E-state index in [1.54, 1.807) is 0 Å². The minimum Gasteiger partial charge on any atom is -0.479 e. The summed E-state index contributed by atoms with van der Waals surface area (Å²) in [5.74, 6) is -1.45. The van der Waals surface area contributed by atoms with Gasteiger partial charge in [0.15, 0.2) is 0 Å². The van der Waals surface area contributed by atoms with Gasteiger partial charge in [-0.2, -0.15) is 0 Å². The maximum absolute atomic E-state index is 12.7. The molecule has 0 aromatic rings. The van der Waals surface area contributed by atoms with Crippen molar-refractivity contribution in [1.29, 1.82) is 0 Å². The van der Waals surface area contributed by atoms with E-state index in [0.717, 1.165) is 12.8 Å². The number of rotatable bonds is 3. The minimum absolute atomic E-state index is 0.266. The van der Waals surface area contributed by atoms with E-state index in [1.165, 1.54) is 0 Å². The van der Waals surface area contributed by atoms with E-state index < -0.39 is 18.2 Å². The van der Waals surface area contributed by atoms with Gasteiger partial charge in [0, 0.05) is 0 Å². The van der Waals surface area contributed by atoms with Crippen LogP contribution in [0.5, 0.6) is 0 Å². The molecule has 0 radical (unpaired) electrons. The second-order valence-electron chi connectivity index (χ2n) is 3.42. The molecule has 64 valence electrons. The Morgan fingerprint density at radius 3 is 2.45 bits per heavy atom. The van der Waals surface area contributed by atoms with E-state index in [4.69, 9.17) is 10.8 Å². The minimum atomic E-state index is -1.91. The topological polar surface area (TPSA) is 63.3 Å². The van der Waals surface area contributed by atoms with Crippen molar-refractivity contribution in [3.05, 3.63) is 0 Å². The van der Waals surface area contributed by atoms with Crippen LogP contribution in [0.25, 0.3) is 0 Å². The van der Waals surface area contributed by atoms with Gasteiger partial charge >= 0.3 is 5.97 Å². The van der Waals surface area contributed by atoms with Crippen molar-refractivity contribution >= 4 is 5.97 Å². The van der Waals surface area contributed by atoms with Crippen molar-refractivity contribution in [3.8, 4) is 0 Å². The Morgan fingerprint density at radius 2 is 2.18 bits per heavy atom. The maximum atomic E-state index is 12.7. The first-order chi connectivity index (χ1) is 4.97. The van der Waals surface area contributed by atoms with E-state index in [-0.39, 0.29) is 5.41 Å². The average Bonchev–Trinajstić information content (AvgIpc) is 2.66. The first-order valence-corrected chi connectivity index (χ1v) is 3.60. The van der Waals surface area contributed by atoms with Gasteiger partial charge in [-0.15, -0.1) is 0 Å². The molecule has 0 aromatic carbocycles. The lowest BCUT2D eigenvalue weighted by Gasteiger charge is -2.19. The van der Waals surface area contributed by atoms with Gasteiger partial charge in [-0.1, -0.05) is 6.92 Å². The molecule has 1 rings (SSSR count). The third-order valence-electron chi connectivity index (χ3n) is 2.39. The summed E-state index contributed by atoms with van der Waals surface area (Å²) >= 11 is 0. The highest BCUT2D eigenvalue weighted by Crippen LogP contribution is 2.48. The van der Waals surface area contributed by atoms with Crippen LogP contribution in [0.2, 0.25) is 0 Å². The summed E-state index contributed by atoms with van der Waals surface area (Å²) in [4.78, 5) is 10.2. The first kappa shape index (κ1) is 8.46. The summed E-state index contributed by atoms with van der Waals surface area (Å²) < 4.78 is 12.7. The van der Waals surface area contributed by atoms with Gasteiger partial charge in [-0.25, -0.2) is 9.18 Å². The van der Waals surface area contributed by atoms with E-state index >= 15 is 0 Å². The van der Waals surface area contributed by atoms with Crippen LogP contribution in [0.15, 0.2) is 0 Å². The van der Waals surface area contributed by atoms with Gasteiger partial charge < -0.3 is 10.8 Å². The molecule has 1 aliphatic rings. The first-order valence-electron chi connectivity index (χ1n) is 3.60. The molecule has 4 heteroatoms. The Bertz CT molecular complexity index is 179. The van der Waals surface area contributed by atoms with Crippen LogP contribution in [0, 0.1) is 5.41 Å². The normalized spacial score (nSPS) is 25.7. The predicted octanol–water partition coefficient (Wildman–Crippen LogP) is 0.536. The second kappa shape index (κ2) is 2.44. The third-order valence-corrected chi connectivity index (χ3v) is 2.39. The molecule has 1 aliphatic carbocycles. The van der Waals surface area contributed by atoms with Gasteiger partial charge in [0.1, 0.15) is 0 Å². The lowest BCUT2D eigenvalue weighted by Crippen LogP contribution is -2.43. The molecule has 0 heterocycles. The second-order valence-corrected chi connectivity index (χ2v) is 3.42. The SMILES string of the molecule is CC1(C(N)C(F)C(=O)O)CC1. The number of aliphatic carboxylic acids is 1. The molecule has 1 saturated carbocycles. The molecule has 0 spiro atoms. The van der Waals surface area contributed by atoms with Crippen LogP contribution >= 0.6 is 0 Å². The van der Waals surface area contributed by atoms with Gasteiger partial charge in [0.2, 0.25) is 6.17 Å². The molecule has 2 atom stereocenters. The summed E-state index contributed by atoms with van der Waals surface area (Å²) in [6.45, 7) is 1.81. The number of hydrogen-bond acceptors (Lipinski definition) is 2.